The number of anilines is 1. The van der Waals surface area contributed by atoms with Crippen LogP contribution >= 0.6 is 0 Å². The molecule has 0 radical (unpaired) electrons. The van der Waals surface area contributed by atoms with Gasteiger partial charge < -0.3 is 19.7 Å². The van der Waals surface area contributed by atoms with Gasteiger partial charge in [0.2, 0.25) is 5.76 Å². The Hall–Kier alpha value is -4.29. The molecule has 0 saturated carbocycles. The number of imidazole rings is 1. The van der Waals surface area contributed by atoms with E-state index in [-0.39, 0.29) is 28.4 Å². The van der Waals surface area contributed by atoms with Crippen LogP contribution in [0.5, 0.6) is 0 Å². The van der Waals surface area contributed by atoms with Crippen molar-refractivity contribution in [2.45, 2.75) is 26.1 Å². The standard InChI is InChI=1S/C21H18F3N7O3/c1-10-4-5-12(6-13(10)21(22,23)24)29-19(32)15-7-14(30-34-15)11(2)28-20(33)17-16-18(26-8-25-17)31(3)9-27-16/h4-9,11H,1-3H3,(H,28,33)(H,29,32)/t11-/m0/s1. The van der Waals surface area contributed by atoms with E-state index in [0.29, 0.717) is 11.2 Å². The van der Waals surface area contributed by atoms with Crippen molar-refractivity contribution in [3.63, 3.8) is 0 Å². The molecular weight excluding hydrogens is 455 g/mol. The molecule has 0 fully saturated rings. The van der Waals surface area contributed by atoms with Crippen LogP contribution in [-0.4, -0.2) is 36.5 Å². The summed E-state index contributed by atoms with van der Waals surface area (Å²) >= 11 is 0. The van der Waals surface area contributed by atoms with Crippen LogP contribution in [0.25, 0.3) is 11.2 Å². The minimum absolute atomic E-state index is 0.0312. The Kier molecular flexibility index (Phi) is 5.77. The van der Waals surface area contributed by atoms with Gasteiger partial charge in [0.25, 0.3) is 11.8 Å². The number of nitrogens with one attached hydrogen (secondary N) is 2. The number of halogens is 3. The highest BCUT2D eigenvalue weighted by Gasteiger charge is 2.32. The topological polar surface area (TPSA) is 128 Å². The molecule has 176 valence electrons. The van der Waals surface area contributed by atoms with Gasteiger partial charge in [-0.05, 0) is 31.5 Å². The average molecular weight is 473 g/mol. The van der Waals surface area contributed by atoms with E-state index >= 15 is 0 Å². The third-order valence-corrected chi connectivity index (χ3v) is 5.06. The second kappa shape index (κ2) is 8.57. The molecule has 3 heterocycles. The zero-order valence-corrected chi connectivity index (χ0v) is 18.1. The average Bonchev–Trinajstić information content (AvgIpc) is 3.42. The number of benzene rings is 1. The predicted molar refractivity (Wildman–Crippen MR) is 113 cm³/mol. The third-order valence-electron chi connectivity index (χ3n) is 5.06. The summed E-state index contributed by atoms with van der Waals surface area (Å²) in [5.74, 6) is -1.56. The van der Waals surface area contributed by atoms with Gasteiger partial charge in [-0.2, -0.15) is 13.2 Å². The number of aromatic nitrogens is 5. The minimum Gasteiger partial charge on any atom is -0.351 e. The van der Waals surface area contributed by atoms with Crippen molar-refractivity contribution < 1.29 is 27.3 Å². The molecule has 4 rings (SSSR count). The Balaban J connectivity index is 1.46. The molecule has 0 unspecified atom stereocenters. The minimum atomic E-state index is -4.55. The SMILES string of the molecule is Cc1ccc(NC(=O)c2cc([C@H](C)NC(=O)c3ncnc4c3ncn4C)no2)cc1C(F)(F)F. The van der Waals surface area contributed by atoms with Gasteiger partial charge in [0, 0.05) is 18.8 Å². The van der Waals surface area contributed by atoms with Crippen molar-refractivity contribution in [2.75, 3.05) is 5.32 Å². The lowest BCUT2D eigenvalue weighted by atomic mass is 10.1. The predicted octanol–water partition coefficient (Wildman–Crippen LogP) is 3.42. The van der Waals surface area contributed by atoms with Crippen LogP contribution < -0.4 is 10.6 Å². The van der Waals surface area contributed by atoms with Gasteiger partial charge in [-0.3, -0.25) is 9.59 Å². The normalized spacial score (nSPS) is 12.5. The summed E-state index contributed by atoms with van der Waals surface area (Å²) in [6, 6.07) is 4.06. The number of fused-ring (bicyclic) bond motifs is 1. The molecule has 10 nitrogen and oxygen atoms in total. The van der Waals surface area contributed by atoms with Crippen molar-refractivity contribution in [2.24, 2.45) is 7.05 Å². The Labute approximate surface area is 190 Å². The fourth-order valence-corrected chi connectivity index (χ4v) is 3.25. The first-order valence-electron chi connectivity index (χ1n) is 9.93. The Bertz CT molecular complexity index is 1390. The molecule has 2 amide bonds. The van der Waals surface area contributed by atoms with Crippen LogP contribution in [0.3, 0.4) is 0 Å². The van der Waals surface area contributed by atoms with Gasteiger partial charge in [-0.1, -0.05) is 11.2 Å². The molecule has 0 aliphatic heterocycles. The van der Waals surface area contributed by atoms with E-state index in [2.05, 4.69) is 30.7 Å². The second-order valence-corrected chi connectivity index (χ2v) is 7.54. The quantitative estimate of drug-likeness (QED) is 0.455. The lowest BCUT2D eigenvalue weighted by molar-refractivity contribution is -0.138. The molecule has 0 bridgehead atoms. The van der Waals surface area contributed by atoms with E-state index < -0.39 is 29.6 Å². The molecule has 0 aliphatic rings. The highest BCUT2D eigenvalue weighted by Crippen LogP contribution is 2.33. The van der Waals surface area contributed by atoms with Crippen molar-refractivity contribution in [3.05, 3.63) is 65.2 Å². The molecule has 4 aromatic rings. The van der Waals surface area contributed by atoms with Gasteiger partial charge in [0.1, 0.15) is 17.5 Å². The monoisotopic (exact) mass is 473 g/mol. The molecule has 2 N–H and O–H groups in total. The van der Waals surface area contributed by atoms with Crippen LogP contribution in [0.2, 0.25) is 0 Å². The molecule has 13 heteroatoms. The molecular formula is C21H18F3N7O3. The molecule has 0 aliphatic carbocycles. The van der Waals surface area contributed by atoms with Gasteiger partial charge in [0.15, 0.2) is 11.3 Å². The Morgan fingerprint density at radius 2 is 1.88 bits per heavy atom. The maximum Gasteiger partial charge on any atom is 0.416 e. The van der Waals surface area contributed by atoms with Crippen molar-refractivity contribution in [1.82, 2.24) is 30.0 Å². The second-order valence-electron chi connectivity index (χ2n) is 7.54. The molecule has 34 heavy (non-hydrogen) atoms. The fraction of sp³-hybridized carbons (Fsp3) is 0.238. The Morgan fingerprint density at radius 1 is 1.12 bits per heavy atom. The number of carbonyl (C=O) groups excluding carboxylic acids is 2. The lowest BCUT2D eigenvalue weighted by Crippen LogP contribution is -2.28. The van der Waals surface area contributed by atoms with E-state index in [0.717, 1.165) is 6.07 Å². The Morgan fingerprint density at radius 3 is 2.62 bits per heavy atom. The number of amides is 2. The largest absolute Gasteiger partial charge is 0.416 e. The van der Waals surface area contributed by atoms with E-state index in [1.165, 1.54) is 37.8 Å². The van der Waals surface area contributed by atoms with Crippen LogP contribution in [0.15, 0.2) is 41.4 Å². The van der Waals surface area contributed by atoms with Crippen molar-refractivity contribution in [1.29, 1.82) is 0 Å². The first-order chi connectivity index (χ1) is 16.0. The maximum atomic E-state index is 13.1. The van der Waals surface area contributed by atoms with E-state index in [9.17, 15) is 22.8 Å². The fourth-order valence-electron chi connectivity index (χ4n) is 3.25. The number of alkyl halides is 3. The van der Waals surface area contributed by atoms with E-state index in [1.54, 1.807) is 18.5 Å². The van der Waals surface area contributed by atoms with Gasteiger partial charge in [-0.25, -0.2) is 15.0 Å². The molecule has 0 saturated heterocycles. The van der Waals surface area contributed by atoms with Gasteiger partial charge in [-0.15, -0.1) is 0 Å². The third kappa shape index (κ3) is 4.44. The summed E-state index contributed by atoms with van der Waals surface area (Å²) in [4.78, 5) is 37.3. The maximum absolute atomic E-state index is 13.1. The van der Waals surface area contributed by atoms with E-state index in [1.807, 2.05) is 0 Å². The van der Waals surface area contributed by atoms with Crippen LogP contribution in [0, 0.1) is 6.92 Å². The number of carbonyl (C=O) groups is 2. The lowest BCUT2D eigenvalue weighted by Gasteiger charge is -2.12. The smallest absolute Gasteiger partial charge is 0.351 e. The van der Waals surface area contributed by atoms with Crippen molar-refractivity contribution >= 4 is 28.7 Å². The first kappa shape index (κ1) is 22.9. The molecule has 1 atom stereocenters. The van der Waals surface area contributed by atoms with E-state index in [4.69, 9.17) is 4.52 Å². The summed E-state index contributed by atoms with van der Waals surface area (Å²) in [5.41, 5.74) is 0.230. The van der Waals surface area contributed by atoms with Gasteiger partial charge >= 0.3 is 6.18 Å². The summed E-state index contributed by atoms with van der Waals surface area (Å²) in [6.45, 7) is 2.94. The number of hydrogen-bond donors (Lipinski definition) is 2. The highest BCUT2D eigenvalue weighted by atomic mass is 19.4. The number of rotatable bonds is 5. The molecule has 3 aromatic heterocycles. The summed E-state index contributed by atoms with van der Waals surface area (Å²) < 4.78 is 46.0. The number of hydrogen-bond acceptors (Lipinski definition) is 7. The first-order valence-corrected chi connectivity index (χ1v) is 9.93. The highest BCUT2D eigenvalue weighted by molar-refractivity contribution is 6.03. The van der Waals surface area contributed by atoms with Crippen LogP contribution in [-0.2, 0) is 13.2 Å². The molecule has 0 spiro atoms. The summed E-state index contributed by atoms with van der Waals surface area (Å²) in [6.07, 6.45) is -1.80. The zero-order valence-electron chi connectivity index (χ0n) is 18.1. The zero-order chi connectivity index (χ0) is 24.6. The van der Waals surface area contributed by atoms with Crippen LogP contribution in [0.1, 0.15) is 50.8 Å². The van der Waals surface area contributed by atoms with Crippen molar-refractivity contribution in [3.8, 4) is 0 Å². The number of nitrogens with zero attached hydrogens (tertiary/aromatic N) is 5. The van der Waals surface area contributed by atoms with Crippen LogP contribution in [0.4, 0.5) is 18.9 Å². The van der Waals surface area contributed by atoms with Gasteiger partial charge in [0.05, 0.1) is 17.9 Å². The molecule has 1 aromatic carbocycles. The summed E-state index contributed by atoms with van der Waals surface area (Å²) in [5, 5.41) is 8.82. The summed E-state index contributed by atoms with van der Waals surface area (Å²) in [7, 11) is 1.73. The number of aryl methyl sites for hydroxylation is 2.